The van der Waals surface area contributed by atoms with Crippen LogP contribution < -0.4 is 0 Å². The zero-order valence-electron chi connectivity index (χ0n) is 11.0. The molecule has 0 aromatic heterocycles. The predicted octanol–water partition coefficient (Wildman–Crippen LogP) is 1.22. The number of hydrogen-bond acceptors (Lipinski definition) is 4. The van der Waals surface area contributed by atoms with Gasteiger partial charge in [-0.2, -0.15) is 11.8 Å². The topological polar surface area (TPSA) is 60.8 Å². The van der Waals surface area contributed by atoms with Crippen molar-refractivity contribution in [3.63, 3.8) is 0 Å². The zero-order chi connectivity index (χ0) is 13.9. The smallest absolute Gasteiger partial charge is 0.226 e. The maximum absolute atomic E-state index is 12.1. The number of nitrogens with zero attached hydrogens (tertiary/aromatic N) is 1. The average Bonchev–Trinajstić information content (AvgIpc) is 2.61. The maximum atomic E-state index is 12.1. The van der Waals surface area contributed by atoms with Crippen LogP contribution in [-0.2, 0) is 11.3 Å². The second kappa shape index (κ2) is 5.94. The molecule has 4 nitrogen and oxygen atoms in total. The highest BCUT2D eigenvalue weighted by atomic mass is 32.2. The molecule has 1 saturated heterocycles. The van der Waals surface area contributed by atoms with Crippen molar-refractivity contribution in [3.8, 4) is 0 Å². The third-order valence-electron chi connectivity index (χ3n) is 3.41. The molecule has 1 amide bonds. The van der Waals surface area contributed by atoms with E-state index in [0.717, 1.165) is 5.56 Å². The Morgan fingerprint density at radius 2 is 2.11 bits per heavy atom. The number of thioether (sulfide) groups is 1. The minimum atomic E-state index is -1.16. The van der Waals surface area contributed by atoms with Gasteiger partial charge < -0.3 is 15.1 Å². The first-order valence-electron chi connectivity index (χ1n) is 6.35. The van der Waals surface area contributed by atoms with Gasteiger partial charge in [0.2, 0.25) is 5.91 Å². The molecule has 1 heterocycles. The van der Waals surface area contributed by atoms with Crippen molar-refractivity contribution in [2.24, 2.45) is 0 Å². The Labute approximate surface area is 117 Å². The first-order chi connectivity index (χ1) is 9.05. The van der Waals surface area contributed by atoms with Crippen molar-refractivity contribution in [2.45, 2.75) is 30.9 Å². The summed E-state index contributed by atoms with van der Waals surface area (Å²) in [5, 5.41) is 19.3. The maximum Gasteiger partial charge on any atom is 0.226 e. The van der Waals surface area contributed by atoms with E-state index in [0.29, 0.717) is 18.7 Å². The summed E-state index contributed by atoms with van der Waals surface area (Å²) in [6.07, 6.45) is 0.324. The first-order valence-corrected chi connectivity index (χ1v) is 7.40. The SMILES string of the molecule is C[C@]1(O)[C@H](SCCO)CC(=O)N1Cc1ccccc1. The van der Waals surface area contributed by atoms with Crippen molar-refractivity contribution in [1.29, 1.82) is 0 Å². The van der Waals surface area contributed by atoms with E-state index in [1.807, 2.05) is 30.3 Å². The number of aliphatic hydroxyl groups excluding tert-OH is 1. The molecule has 1 aromatic carbocycles. The van der Waals surface area contributed by atoms with Crippen LogP contribution in [0.3, 0.4) is 0 Å². The molecule has 1 aliphatic heterocycles. The summed E-state index contributed by atoms with van der Waals surface area (Å²) in [7, 11) is 0. The van der Waals surface area contributed by atoms with E-state index in [9.17, 15) is 9.90 Å². The lowest BCUT2D eigenvalue weighted by atomic mass is 10.1. The van der Waals surface area contributed by atoms with Crippen molar-refractivity contribution in [2.75, 3.05) is 12.4 Å². The van der Waals surface area contributed by atoms with Gasteiger partial charge in [0.15, 0.2) is 0 Å². The number of carbonyl (C=O) groups excluding carboxylic acids is 1. The fourth-order valence-corrected chi connectivity index (χ4v) is 3.41. The highest BCUT2D eigenvalue weighted by molar-refractivity contribution is 8.00. The molecule has 0 spiro atoms. The minimum absolute atomic E-state index is 0.0377. The normalized spacial score (nSPS) is 27.0. The fourth-order valence-electron chi connectivity index (χ4n) is 2.31. The lowest BCUT2D eigenvalue weighted by Gasteiger charge is -2.34. The van der Waals surface area contributed by atoms with Gasteiger partial charge in [0.1, 0.15) is 5.72 Å². The van der Waals surface area contributed by atoms with Crippen LogP contribution in [0.15, 0.2) is 30.3 Å². The van der Waals surface area contributed by atoms with Crippen molar-refractivity contribution >= 4 is 17.7 Å². The van der Waals surface area contributed by atoms with E-state index >= 15 is 0 Å². The number of rotatable bonds is 5. The second-order valence-corrected chi connectivity index (χ2v) is 6.16. The van der Waals surface area contributed by atoms with Crippen LogP contribution >= 0.6 is 11.8 Å². The van der Waals surface area contributed by atoms with E-state index < -0.39 is 5.72 Å². The monoisotopic (exact) mass is 281 g/mol. The molecule has 0 radical (unpaired) electrons. The van der Waals surface area contributed by atoms with Crippen molar-refractivity contribution in [1.82, 2.24) is 4.90 Å². The number of benzene rings is 1. The largest absolute Gasteiger partial charge is 0.396 e. The van der Waals surface area contributed by atoms with Crippen LogP contribution in [-0.4, -0.2) is 44.4 Å². The standard InChI is InChI=1S/C14H19NO3S/c1-14(18)12(19-8-7-16)9-13(17)15(14)10-11-5-3-2-4-6-11/h2-6,12,16,18H,7-10H2,1H3/t12-,14+/m1/s1. The van der Waals surface area contributed by atoms with E-state index in [4.69, 9.17) is 5.11 Å². The summed E-state index contributed by atoms with van der Waals surface area (Å²) in [6, 6.07) is 9.65. The van der Waals surface area contributed by atoms with Gasteiger partial charge in [-0.1, -0.05) is 30.3 Å². The van der Waals surface area contributed by atoms with E-state index in [1.54, 1.807) is 6.92 Å². The van der Waals surface area contributed by atoms with Gasteiger partial charge in [0.25, 0.3) is 0 Å². The van der Waals surface area contributed by atoms with Crippen LogP contribution in [0.25, 0.3) is 0 Å². The van der Waals surface area contributed by atoms with Crippen molar-refractivity contribution in [3.05, 3.63) is 35.9 Å². The molecule has 5 heteroatoms. The number of carbonyl (C=O) groups is 1. The van der Waals surface area contributed by atoms with Gasteiger partial charge in [-0.15, -0.1) is 0 Å². The first kappa shape index (κ1) is 14.4. The van der Waals surface area contributed by atoms with Gasteiger partial charge in [-0.3, -0.25) is 4.79 Å². The van der Waals surface area contributed by atoms with Gasteiger partial charge in [0, 0.05) is 18.7 Å². The quantitative estimate of drug-likeness (QED) is 0.852. The Morgan fingerprint density at radius 3 is 2.74 bits per heavy atom. The minimum Gasteiger partial charge on any atom is -0.396 e. The molecule has 2 N–H and O–H groups in total. The summed E-state index contributed by atoms with van der Waals surface area (Å²) in [4.78, 5) is 13.6. The lowest BCUT2D eigenvalue weighted by molar-refractivity contribution is -0.143. The Morgan fingerprint density at radius 1 is 1.42 bits per heavy atom. The molecule has 1 fully saturated rings. The fraction of sp³-hybridized carbons (Fsp3) is 0.500. The van der Waals surface area contributed by atoms with Crippen molar-refractivity contribution < 1.29 is 15.0 Å². The number of amides is 1. The van der Waals surface area contributed by atoms with E-state index in [2.05, 4.69) is 0 Å². The highest BCUT2D eigenvalue weighted by Crippen LogP contribution is 2.37. The summed E-state index contributed by atoms with van der Waals surface area (Å²) >= 11 is 1.45. The number of hydrogen-bond donors (Lipinski definition) is 2. The van der Waals surface area contributed by atoms with E-state index in [1.165, 1.54) is 16.7 Å². The zero-order valence-corrected chi connectivity index (χ0v) is 11.8. The molecule has 1 aliphatic rings. The summed E-state index contributed by atoms with van der Waals surface area (Å²) in [5.41, 5.74) is -0.156. The van der Waals surface area contributed by atoms with Gasteiger partial charge in [-0.25, -0.2) is 0 Å². The summed E-state index contributed by atoms with van der Waals surface area (Å²) < 4.78 is 0. The van der Waals surface area contributed by atoms with Gasteiger partial charge >= 0.3 is 0 Å². The molecule has 1 aromatic rings. The molecule has 2 rings (SSSR count). The molecule has 2 atom stereocenters. The third-order valence-corrected chi connectivity index (χ3v) is 4.85. The van der Waals surface area contributed by atoms with Crippen LogP contribution in [0.4, 0.5) is 0 Å². The van der Waals surface area contributed by atoms with Crippen LogP contribution in [0, 0.1) is 0 Å². The van der Waals surface area contributed by atoms with Crippen LogP contribution in [0.5, 0.6) is 0 Å². The number of aliphatic hydroxyl groups is 2. The number of likely N-dealkylation sites (tertiary alicyclic amines) is 1. The molecule has 104 valence electrons. The highest BCUT2D eigenvalue weighted by Gasteiger charge is 2.48. The second-order valence-electron chi connectivity index (χ2n) is 4.85. The van der Waals surface area contributed by atoms with E-state index in [-0.39, 0.29) is 17.8 Å². The summed E-state index contributed by atoms with van der Waals surface area (Å²) in [6.45, 7) is 2.16. The average molecular weight is 281 g/mol. The molecule has 0 saturated carbocycles. The third kappa shape index (κ3) is 3.11. The molecule has 0 bridgehead atoms. The molecule has 19 heavy (non-hydrogen) atoms. The summed E-state index contributed by atoms with van der Waals surface area (Å²) in [5.74, 6) is 0.497. The van der Waals surface area contributed by atoms with Gasteiger partial charge in [0.05, 0.1) is 11.9 Å². The Kier molecular flexibility index (Phi) is 4.50. The van der Waals surface area contributed by atoms with Crippen LogP contribution in [0.1, 0.15) is 18.9 Å². The Hall–Kier alpha value is -1.04. The Bertz CT molecular complexity index is 436. The predicted molar refractivity (Wildman–Crippen MR) is 75.6 cm³/mol. The van der Waals surface area contributed by atoms with Crippen LogP contribution in [0.2, 0.25) is 0 Å². The lowest BCUT2D eigenvalue weighted by Crippen LogP contribution is -2.47. The molecular formula is C14H19NO3S. The Balaban J connectivity index is 2.10. The molecule has 0 unspecified atom stereocenters. The molecule has 0 aliphatic carbocycles. The molecular weight excluding hydrogens is 262 g/mol. The van der Waals surface area contributed by atoms with Gasteiger partial charge in [-0.05, 0) is 12.5 Å².